The SMILES string of the molecule is CCOc1cc2c(cc1CN=Cc1cc([N+](=O)[O-])ccc1[O-])O[C@@H](C)C2. The summed E-state index contributed by atoms with van der Waals surface area (Å²) in [5, 5.41) is 22.7. The number of non-ortho nitro benzene ring substituents is 1. The van der Waals surface area contributed by atoms with E-state index in [4.69, 9.17) is 9.47 Å². The first-order valence-electron chi connectivity index (χ1n) is 8.38. The van der Waals surface area contributed by atoms with Crippen LogP contribution >= 0.6 is 0 Å². The van der Waals surface area contributed by atoms with E-state index < -0.39 is 4.92 Å². The number of hydrogen-bond donors (Lipinski definition) is 0. The van der Waals surface area contributed by atoms with Crippen molar-refractivity contribution in [1.29, 1.82) is 0 Å². The van der Waals surface area contributed by atoms with Crippen LogP contribution in [0.5, 0.6) is 17.2 Å². The van der Waals surface area contributed by atoms with E-state index in [1.54, 1.807) is 0 Å². The minimum atomic E-state index is -0.539. The summed E-state index contributed by atoms with van der Waals surface area (Å²) in [5.41, 5.74) is 1.99. The standard InChI is InChI=1S/C19H20N2O5/c1-3-25-18-8-13-6-12(2)26-19(13)9-15(18)11-20-10-14-7-16(21(23)24)4-5-17(14)22/h4-5,7-10,12,22H,3,6,11H2,1-2H3/p-1/t12-/m0/s1. The van der Waals surface area contributed by atoms with E-state index in [2.05, 4.69) is 4.99 Å². The molecule has 0 spiro atoms. The summed E-state index contributed by atoms with van der Waals surface area (Å²) in [6, 6.07) is 7.47. The van der Waals surface area contributed by atoms with E-state index >= 15 is 0 Å². The minimum absolute atomic E-state index is 0.131. The molecule has 0 unspecified atom stereocenters. The van der Waals surface area contributed by atoms with Crippen LogP contribution in [0.1, 0.15) is 30.5 Å². The molecule has 0 aromatic heterocycles. The number of aliphatic imine (C=N–C) groups is 1. The first kappa shape index (κ1) is 17.7. The molecule has 7 nitrogen and oxygen atoms in total. The van der Waals surface area contributed by atoms with Crippen molar-refractivity contribution >= 4 is 11.9 Å². The number of fused-ring (bicyclic) bond motifs is 1. The number of nitro groups is 1. The van der Waals surface area contributed by atoms with Crippen LogP contribution in [0.2, 0.25) is 0 Å². The number of benzene rings is 2. The van der Waals surface area contributed by atoms with Crippen molar-refractivity contribution in [3.05, 3.63) is 57.1 Å². The Morgan fingerprint density at radius 1 is 1.38 bits per heavy atom. The van der Waals surface area contributed by atoms with Crippen LogP contribution in [-0.2, 0) is 13.0 Å². The topological polar surface area (TPSA) is 97.0 Å². The van der Waals surface area contributed by atoms with E-state index in [1.165, 1.54) is 24.4 Å². The van der Waals surface area contributed by atoms with Gasteiger partial charge in [-0.05, 0) is 31.5 Å². The van der Waals surface area contributed by atoms with E-state index in [1.807, 2.05) is 26.0 Å². The Hall–Kier alpha value is -3.09. The normalized spacial score (nSPS) is 15.7. The Balaban J connectivity index is 1.83. The Kier molecular flexibility index (Phi) is 5.06. The summed E-state index contributed by atoms with van der Waals surface area (Å²) in [5.74, 6) is 1.25. The fraction of sp³-hybridized carbons (Fsp3) is 0.316. The number of rotatable bonds is 6. The van der Waals surface area contributed by atoms with Crippen molar-refractivity contribution in [3.63, 3.8) is 0 Å². The molecular weight excluding hydrogens is 336 g/mol. The van der Waals surface area contributed by atoms with E-state index in [0.717, 1.165) is 29.0 Å². The molecule has 1 aliphatic heterocycles. The maximum atomic E-state index is 11.8. The number of nitrogens with zero attached hydrogens (tertiary/aromatic N) is 2. The Morgan fingerprint density at radius 3 is 2.92 bits per heavy atom. The van der Waals surface area contributed by atoms with Gasteiger partial charge in [0.15, 0.2) is 0 Å². The maximum absolute atomic E-state index is 11.8. The molecule has 0 amide bonds. The van der Waals surface area contributed by atoms with Crippen LogP contribution in [-0.4, -0.2) is 23.8 Å². The van der Waals surface area contributed by atoms with Gasteiger partial charge in [0.1, 0.15) is 17.6 Å². The molecule has 2 aromatic rings. The average molecular weight is 355 g/mol. The summed E-state index contributed by atoms with van der Waals surface area (Å²) in [7, 11) is 0. The zero-order valence-corrected chi connectivity index (χ0v) is 14.6. The van der Waals surface area contributed by atoms with Crippen LogP contribution in [0.25, 0.3) is 0 Å². The molecule has 1 heterocycles. The molecule has 136 valence electrons. The fourth-order valence-electron chi connectivity index (χ4n) is 2.89. The van der Waals surface area contributed by atoms with E-state index in [9.17, 15) is 15.2 Å². The second-order valence-corrected chi connectivity index (χ2v) is 6.08. The Bertz CT molecular complexity index is 863. The highest BCUT2D eigenvalue weighted by Gasteiger charge is 2.21. The van der Waals surface area contributed by atoms with Gasteiger partial charge < -0.3 is 14.6 Å². The van der Waals surface area contributed by atoms with Crippen LogP contribution in [0.4, 0.5) is 5.69 Å². The van der Waals surface area contributed by atoms with Gasteiger partial charge >= 0.3 is 0 Å². The second kappa shape index (κ2) is 7.43. The largest absolute Gasteiger partial charge is 0.872 e. The maximum Gasteiger partial charge on any atom is 0.270 e. The molecule has 3 rings (SSSR count). The molecule has 0 saturated carbocycles. The second-order valence-electron chi connectivity index (χ2n) is 6.08. The molecule has 0 aliphatic carbocycles. The summed E-state index contributed by atoms with van der Waals surface area (Å²) in [6.45, 7) is 4.73. The number of nitro benzene ring substituents is 1. The summed E-state index contributed by atoms with van der Waals surface area (Å²) in [6.07, 6.45) is 2.33. The lowest BCUT2D eigenvalue weighted by Gasteiger charge is -2.12. The highest BCUT2D eigenvalue weighted by Crippen LogP contribution is 2.35. The fourth-order valence-corrected chi connectivity index (χ4v) is 2.89. The van der Waals surface area contributed by atoms with Gasteiger partial charge in [-0.25, -0.2) is 0 Å². The number of hydrogen-bond acceptors (Lipinski definition) is 6. The monoisotopic (exact) mass is 355 g/mol. The molecule has 0 N–H and O–H groups in total. The lowest BCUT2D eigenvalue weighted by molar-refractivity contribution is -0.385. The Morgan fingerprint density at radius 2 is 2.19 bits per heavy atom. The molecule has 0 radical (unpaired) electrons. The van der Waals surface area contributed by atoms with Crippen molar-refractivity contribution in [2.45, 2.75) is 32.9 Å². The highest BCUT2D eigenvalue weighted by atomic mass is 16.6. The van der Waals surface area contributed by atoms with Crippen LogP contribution < -0.4 is 14.6 Å². The molecule has 0 saturated heterocycles. The molecule has 1 aliphatic rings. The molecule has 7 heteroatoms. The van der Waals surface area contributed by atoms with Crippen LogP contribution in [0.3, 0.4) is 0 Å². The van der Waals surface area contributed by atoms with E-state index in [-0.39, 0.29) is 29.6 Å². The van der Waals surface area contributed by atoms with Gasteiger partial charge in [-0.3, -0.25) is 15.1 Å². The lowest BCUT2D eigenvalue weighted by atomic mass is 10.1. The smallest absolute Gasteiger partial charge is 0.270 e. The first-order valence-corrected chi connectivity index (χ1v) is 8.38. The first-order chi connectivity index (χ1) is 12.5. The quantitative estimate of drug-likeness (QED) is 0.451. The van der Waals surface area contributed by atoms with Crippen LogP contribution in [0, 0.1) is 10.1 Å². The molecule has 0 bridgehead atoms. The van der Waals surface area contributed by atoms with Gasteiger partial charge in [0.25, 0.3) is 5.69 Å². The predicted molar refractivity (Wildman–Crippen MR) is 95.2 cm³/mol. The predicted octanol–water partition coefficient (Wildman–Crippen LogP) is 3.01. The van der Waals surface area contributed by atoms with Gasteiger partial charge in [0.2, 0.25) is 0 Å². The zero-order valence-electron chi connectivity index (χ0n) is 14.6. The van der Waals surface area contributed by atoms with Gasteiger partial charge in [-0.15, -0.1) is 0 Å². The molecule has 2 aromatic carbocycles. The molecule has 26 heavy (non-hydrogen) atoms. The third kappa shape index (κ3) is 3.77. The van der Waals surface area contributed by atoms with Gasteiger partial charge in [0, 0.05) is 35.9 Å². The highest BCUT2D eigenvalue weighted by molar-refractivity contribution is 5.84. The van der Waals surface area contributed by atoms with Gasteiger partial charge in [-0.1, -0.05) is 11.8 Å². The minimum Gasteiger partial charge on any atom is -0.872 e. The van der Waals surface area contributed by atoms with Crippen molar-refractivity contribution in [2.75, 3.05) is 6.61 Å². The van der Waals surface area contributed by atoms with Gasteiger partial charge in [-0.2, -0.15) is 0 Å². The van der Waals surface area contributed by atoms with Gasteiger partial charge in [0.05, 0.1) is 18.1 Å². The van der Waals surface area contributed by atoms with Crippen molar-refractivity contribution in [2.24, 2.45) is 4.99 Å². The van der Waals surface area contributed by atoms with Crippen molar-refractivity contribution < 1.29 is 19.5 Å². The zero-order chi connectivity index (χ0) is 18.7. The molecular formula is C19H19N2O5-. The third-order valence-corrected chi connectivity index (χ3v) is 4.08. The van der Waals surface area contributed by atoms with Crippen LogP contribution in [0.15, 0.2) is 35.3 Å². The van der Waals surface area contributed by atoms with Crippen molar-refractivity contribution in [1.82, 2.24) is 0 Å². The molecule has 0 fully saturated rings. The summed E-state index contributed by atoms with van der Waals surface area (Å²) < 4.78 is 11.5. The van der Waals surface area contributed by atoms with Crippen molar-refractivity contribution in [3.8, 4) is 17.2 Å². The lowest BCUT2D eigenvalue weighted by Crippen LogP contribution is -2.05. The Labute approximate surface area is 151 Å². The summed E-state index contributed by atoms with van der Waals surface area (Å²) >= 11 is 0. The van der Waals surface area contributed by atoms with E-state index in [0.29, 0.717) is 6.61 Å². The number of ether oxygens (including phenoxy) is 2. The molecule has 1 atom stereocenters. The third-order valence-electron chi connectivity index (χ3n) is 4.08. The summed E-state index contributed by atoms with van der Waals surface area (Å²) in [4.78, 5) is 14.6. The average Bonchev–Trinajstić information content (AvgIpc) is 2.95.